The highest BCUT2D eigenvalue weighted by molar-refractivity contribution is 6.39. The van der Waals surface area contributed by atoms with E-state index in [2.05, 4.69) is 10.2 Å². The van der Waals surface area contributed by atoms with Gasteiger partial charge in [-0.05, 0) is 6.07 Å². The molecule has 0 aliphatic rings. The molecule has 0 saturated carbocycles. The van der Waals surface area contributed by atoms with Crippen LogP contribution >= 0.6 is 11.6 Å². The highest BCUT2D eigenvalue weighted by atomic mass is 35.5. The van der Waals surface area contributed by atoms with E-state index < -0.39 is 11.2 Å². The second-order valence-electron chi connectivity index (χ2n) is 3.40. The molecule has 5 nitrogen and oxygen atoms in total. The molecular weight excluding hydrogens is 230 g/mol. The van der Waals surface area contributed by atoms with Crippen molar-refractivity contribution in [2.45, 2.75) is 0 Å². The van der Waals surface area contributed by atoms with Gasteiger partial charge in [-0.25, -0.2) is 9.89 Å². The fourth-order valence-corrected chi connectivity index (χ4v) is 2.17. The highest BCUT2D eigenvalue weighted by Crippen LogP contribution is 2.27. The summed E-state index contributed by atoms with van der Waals surface area (Å²) in [6.07, 6.45) is 0. The Hall–Kier alpha value is -2.01. The number of fused-ring (bicyclic) bond motifs is 3. The number of rotatable bonds is 0. The first-order valence-corrected chi connectivity index (χ1v) is 4.97. The lowest BCUT2D eigenvalue weighted by molar-refractivity contribution is 0.878. The molecule has 0 aliphatic carbocycles. The van der Waals surface area contributed by atoms with Crippen molar-refractivity contribution >= 4 is 28.0 Å². The maximum Gasteiger partial charge on any atom is 0.345 e. The van der Waals surface area contributed by atoms with Gasteiger partial charge in [0, 0.05) is 5.39 Å². The van der Waals surface area contributed by atoms with Crippen molar-refractivity contribution in [1.82, 2.24) is 14.6 Å². The number of H-pyrrole nitrogens is 2. The number of nitrogens with one attached hydrogen (secondary N) is 2. The summed E-state index contributed by atoms with van der Waals surface area (Å²) in [6, 6.07) is 7.09. The fourth-order valence-electron chi connectivity index (χ4n) is 1.84. The van der Waals surface area contributed by atoms with Gasteiger partial charge in [0.25, 0.3) is 5.56 Å². The molecule has 0 atom stereocenters. The molecule has 80 valence electrons. The van der Waals surface area contributed by atoms with E-state index in [0.717, 1.165) is 0 Å². The summed E-state index contributed by atoms with van der Waals surface area (Å²) >= 11 is 6.07. The summed E-state index contributed by atoms with van der Waals surface area (Å²) in [7, 11) is 0. The number of hydrogen-bond acceptors (Lipinski definition) is 2. The predicted molar refractivity (Wildman–Crippen MR) is 61.2 cm³/mol. The number of nitrogens with zero attached hydrogens (tertiary/aromatic N) is 1. The minimum atomic E-state index is -0.419. The van der Waals surface area contributed by atoms with Gasteiger partial charge in [-0.3, -0.25) is 14.3 Å². The van der Waals surface area contributed by atoms with E-state index >= 15 is 0 Å². The molecule has 1 aromatic carbocycles. The summed E-state index contributed by atoms with van der Waals surface area (Å²) in [6.45, 7) is 0. The third-order valence-corrected chi connectivity index (χ3v) is 2.90. The number of halogens is 1. The standard InChI is InChI=1S/C10H6ClN3O2/c11-7-5-3-1-2-4-6(5)14-8(7)9(15)12-13-10(14)16/h1-4H,(H,12,15)(H,13,16). The molecule has 0 saturated heterocycles. The molecule has 0 radical (unpaired) electrons. The summed E-state index contributed by atoms with van der Waals surface area (Å²) < 4.78 is 1.27. The Morgan fingerprint density at radius 3 is 2.69 bits per heavy atom. The van der Waals surface area contributed by atoms with Gasteiger partial charge in [0.2, 0.25) is 0 Å². The molecule has 0 fully saturated rings. The quantitative estimate of drug-likeness (QED) is 0.613. The lowest BCUT2D eigenvalue weighted by Crippen LogP contribution is -2.25. The van der Waals surface area contributed by atoms with Crippen LogP contribution in [-0.2, 0) is 0 Å². The summed E-state index contributed by atoms with van der Waals surface area (Å²) in [5, 5.41) is 5.49. The second kappa shape index (κ2) is 2.99. The van der Waals surface area contributed by atoms with Crippen LogP contribution < -0.4 is 11.2 Å². The van der Waals surface area contributed by atoms with Crippen LogP contribution in [0.5, 0.6) is 0 Å². The Labute approximate surface area is 93.3 Å². The van der Waals surface area contributed by atoms with Crippen molar-refractivity contribution in [1.29, 1.82) is 0 Å². The predicted octanol–water partition coefficient (Wildman–Crippen LogP) is 1.12. The highest BCUT2D eigenvalue weighted by Gasteiger charge is 2.14. The van der Waals surface area contributed by atoms with Crippen LogP contribution in [0.15, 0.2) is 33.9 Å². The van der Waals surface area contributed by atoms with Gasteiger partial charge in [-0.1, -0.05) is 29.8 Å². The Kier molecular flexibility index (Phi) is 1.73. The first-order chi connectivity index (χ1) is 7.70. The van der Waals surface area contributed by atoms with Gasteiger partial charge in [0.15, 0.2) is 0 Å². The summed E-state index contributed by atoms with van der Waals surface area (Å²) in [5.74, 6) is 0. The van der Waals surface area contributed by atoms with Gasteiger partial charge >= 0.3 is 5.69 Å². The topological polar surface area (TPSA) is 70.1 Å². The van der Waals surface area contributed by atoms with E-state index in [4.69, 9.17) is 11.6 Å². The molecule has 0 unspecified atom stereocenters. The molecule has 2 heterocycles. The summed E-state index contributed by atoms with van der Waals surface area (Å²) in [5.41, 5.74) is -0.0417. The van der Waals surface area contributed by atoms with Crippen LogP contribution in [-0.4, -0.2) is 14.6 Å². The van der Waals surface area contributed by atoms with Crippen LogP contribution in [0.1, 0.15) is 0 Å². The zero-order valence-corrected chi connectivity index (χ0v) is 8.71. The molecule has 2 aromatic heterocycles. The van der Waals surface area contributed by atoms with Crippen molar-refractivity contribution in [2.24, 2.45) is 0 Å². The smallest absolute Gasteiger partial charge is 0.266 e. The minimum Gasteiger partial charge on any atom is -0.266 e. The van der Waals surface area contributed by atoms with Gasteiger partial charge in [0.05, 0.1) is 10.5 Å². The normalized spacial score (nSPS) is 11.3. The third kappa shape index (κ3) is 1.00. The van der Waals surface area contributed by atoms with E-state index in [9.17, 15) is 9.59 Å². The zero-order chi connectivity index (χ0) is 11.3. The molecule has 3 rings (SSSR count). The average molecular weight is 236 g/mol. The van der Waals surface area contributed by atoms with Gasteiger partial charge in [-0.2, -0.15) is 0 Å². The number of aromatic amines is 2. The Morgan fingerprint density at radius 2 is 1.88 bits per heavy atom. The monoisotopic (exact) mass is 235 g/mol. The Balaban J connectivity index is 2.84. The fraction of sp³-hybridized carbons (Fsp3) is 0. The molecule has 0 bridgehead atoms. The van der Waals surface area contributed by atoms with Crippen LogP contribution in [0, 0.1) is 0 Å². The Bertz CT molecular complexity index is 812. The van der Waals surface area contributed by atoms with Crippen LogP contribution in [0.25, 0.3) is 16.4 Å². The molecule has 0 spiro atoms. The lowest BCUT2D eigenvalue weighted by Gasteiger charge is -1.93. The average Bonchev–Trinajstić information content (AvgIpc) is 2.60. The van der Waals surface area contributed by atoms with E-state index in [-0.39, 0.29) is 5.52 Å². The van der Waals surface area contributed by atoms with E-state index in [1.165, 1.54) is 4.40 Å². The van der Waals surface area contributed by atoms with Gasteiger partial charge in [0.1, 0.15) is 5.52 Å². The molecule has 16 heavy (non-hydrogen) atoms. The lowest BCUT2D eigenvalue weighted by atomic mass is 10.2. The van der Waals surface area contributed by atoms with Crippen LogP contribution in [0.3, 0.4) is 0 Å². The number of benzene rings is 1. The van der Waals surface area contributed by atoms with Crippen molar-refractivity contribution in [3.8, 4) is 0 Å². The molecule has 6 heteroatoms. The first kappa shape index (κ1) is 9.23. The number of aromatic nitrogens is 3. The third-order valence-electron chi connectivity index (χ3n) is 2.51. The van der Waals surface area contributed by atoms with Crippen molar-refractivity contribution in [3.63, 3.8) is 0 Å². The second-order valence-corrected chi connectivity index (χ2v) is 3.78. The molecular formula is C10H6ClN3O2. The van der Waals surface area contributed by atoms with E-state index in [0.29, 0.717) is 15.9 Å². The number of para-hydroxylation sites is 1. The first-order valence-electron chi connectivity index (χ1n) is 4.60. The summed E-state index contributed by atoms with van der Waals surface area (Å²) in [4.78, 5) is 23.2. The minimum absolute atomic E-state index is 0.173. The Morgan fingerprint density at radius 1 is 1.12 bits per heavy atom. The molecule has 3 aromatic rings. The van der Waals surface area contributed by atoms with E-state index in [1.54, 1.807) is 24.3 Å². The van der Waals surface area contributed by atoms with Crippen LogP contribution in [0.4, 0.5) is 0 Å². The van der Waals surface area contributed by atoms with Crippen LogP contribution in [0.2, 0.25) is 5.02 Å². The van der Waals surface area contributed by atoms with Crippen molar-refractivity contribution in [3.05, 3.63) is 50.1 Å². The van der Waals surface area contributed by atoms with Gasteiger partial charge < -0.3 is 0 Å². The van der Waals surface area contributed by atoms with Crippen molar-refractivity contribution < 1.29 is 0 Å². The maximum atomic E-state index is 11.6. The largest absolute Gasteiger partial charge is 0.345 e. The SMILES string of the molecule is O=c1[nH][nH]c(=O)n2c1c(Cl)c1ccccc12. The molecule has 0 amide bonds. The zero-order valence-electron chi connectivity index (χ0n) is 7.95. The number of hydrogen-bond donors (Lipinski definition) is 2. The van der Waals surface area contributed by atoms with Crippen molar-refractivity contribution in [2.75, 3.05) is 0 Å². The van der Waals surface area contributed by atoms with Gasteiger partial charge in [-0.15, -0.1) is 0 Å². The molecule has 0 aliphatic heterocycles. The molecule has 2 N–H and O–H groups in total. The maximum absolute atomic E-state index is 11.6. The van der Waals surface area contributed by atoms with E-state index in [1.807, 2.05) is 0 Å².